The fourth-order valence-electron chi connectivity index (χ4n) is 3.10. The topological polar surface area (TPSA) is 59.2 Å². The van der Waals surface area contributed by atoms with Gasteiger partial charge in [-0.1, -0.05) is 42.5 Å². The number of hydrogen-bond acceptors (Lipinski definition) is 3. The Hall–Kier alpha value is -2.08. The Morgan fingerprint density at radius 1 is 1.04 bits per heavy atom. The highest BCUT2D eigenvalue weighted by Gasteiger charge is 2.26. The second-order valence-corrected chi connectivity index (χ2v) is 5.68. The third kappa shape index (κ3) is 3.11. The van der Waals surface area contributed by atoms with Crippen LogP contribution in [0.4, 0.5) is 0 Å². The number of nitrogens with zero attached hydrogens (tertiary/aromatic N) is 2. The second-order valence-electron chi connectivity index (χ2n) is 5.68. The van der Waals surface area contributed by atoms with Crippen molar-refractivity contribution in [2.75, 3.05) is 13.6 Å². The number of hydrogen-bond donors (Lipinski definition) is 2. The SMILES string of the molecule is CNC[C@H](O)[C@H](c1ccccc1)n1c(=O)n(C)c2ccccc21.Cl. The van der Waals surface area contributed by atoms with Crippen molar-refractivity contribution in [2.45, 2.75) is 12.1 Å². The standard InChI is InChI=1S/C18H21N3O2.ClH/c1-19-12-16(22)17(13-8-4-3-5-9-13)21-15-11-7-6-10-14(15)20(2)18(21)23;/h3-11,16-17,19,22H,12H2,1-2H3;1H/t16-,17-;/m0./s1. The summed E-state index contributed by atoms with van der Waals surface area (Å²) in [6.07, 6.45) is -0.717. The first-order valence-corrected chi connectivity index (χ1v) is 7.68. The van der Waals surface area contributed by atoms with Crippen LogP contribution in [0.15, 0.2) is 59.4 Å². The molecule has 0 aliphatic carbocycles. The Morgan fingerprint density at radius 2 is 1.62 bits per heavy atom. The van der Waals surface area contributed by atoms with E-state index in [-0.39, 0.29) is 18.1 Å². The lowest BCUT2D eigenvalue weighted by molar-refractivity contribution is 0.130. The van der Waals surface area contributed by atoms with E-state index in [0.717, 1.165) is 16.6 Å². The van der Waals surface area contributed by atoms with Crippen molar-refractivity contribution >= 4 is 23.4 Å². The Labute approximate surface area is 147 Å². The van der Waals surface area contributed by atoms with Crippen molar-refractivity contribution in [2.24, 2.45) is 7.05 Å². The molecule has 0 radical (unpaired) electrons. The van der Waals surface area contributed by atoms with Crippen molar-refractivity contribution in [3.63, 3.8) is 0 Å². The Bertz CT molecular complexity index is 858. The molecule has 2 aromatic carbocycles. The molecule has 0 saturated carbocycles. The van der Waals surface area contributed by atoms with E-state index in [1.54, 1.807) is 23.2 Å². The average Bonchev–Trinajstić information content (AvgIpc) is 2.82. The number of halogens is 1. The van der Waals surface area contributed by atoms with Crippen molar-refractivity contribution < 1.29 is 5.11 Å². The molecule has 6 heteroatoms. The maximum Gasteiger partial charge on any atom is 0.329 e. The van der Waals surface area contributed by atoms with Gasteiger partial charge in [0.15, 0.2) is 0 Å². The van der Waals surface area contributed by atoms with Crippen LogP contribution in [-0.4, -0.2) is 33.9 Å². The van der Waals surface area contributed by atoms with Crippen LogP contribution >= 0.6 is 12.4 Å². The molecule has 0 fully saturated rings. The fourth-order valence-corrected chi connectivity index (χ4v) is 3.10. The van der Waals surface area contributed by atoms with Gasteiger partial charge >= 0.3 is 5.69 Å². The van der Waals surface area contributed by atoms with Crippen LogP contribution in [-0.2, 0) is 7.05 Å². The molecule has 24 heavy (non-hydrogen) atoms. The molecule has 3 rings (SSSR count). The summed E-state index contributed by atoms with van der Waals surface area (Å²) in [6, 6.07) is 16.9. The number of aliphatic hydroxyl groups is 1. The van der Waals surface area contributed by atoms with Gasteiger partial charge in [0.25, 0.3) is 0 Å². The zero-order valence-corrected chi connectivity index (χ0v) is 14.5. The Balaban J connectivity index is 0.00000208. The lowest BCUT2D eigenvalue weighted by atomic mass is 10.0. The van der Waals surface area contributed by atoms with Gasteiger partial charge in [0, 0.05) is 13.6 Å². The molecule has 2 N–H and O–H groups in total. The van der Waals surface area contributed by atoms with E-state index in [9.17, 15) is 9.90 Å². The molecule has 2 atom stereocenters. The van der Waals surface area contributed by atoms with Gasteiger partial charge in [-0.15, -0.1) is 12.4 Å². The zero-order chi connectivity index (χ0) is 16.4. The molecule has 0 aliphatic rings. The number of aliphatic hydroxyl groups excluding tert-OH is 1. The van der Waals surface area contributed by atoms with Gasteiger partial charge < -0.3 is 10.4 Å². The first-order valence-electron chi connectivity index (χ1n) is 7.68. The van der Waals surface area contributed by atoms with Crippen LogP contribution in [0.5, 0.6) is 0 Å². The first kappa shape index (κ1) is 18.3. The van der Waals surface area contributed by atoms with Crippen molar-refractivity contribution in [3.05, 3.63) is 70.6 Å². The summed E-state index contributed by atoms with van der Waals surface area (Å²) in [4.78, 5) is 12.8. The van der Waals surface area contributed by atoms with Gasteiger partial charge in [-0.2, -0.15) is 0 Å². The minimum Gasteiger partial charge on any atom is -0.389 e. The van der Waals surface area contributed by atoms with E-state index in [1.165, 1.54) is 0 Å². The van der Waals surface area contributed by atoms with Crippen LogP contribution in [0.2, 0.25) is 0 Å². The lowest BCUT2D eigenvalue weighted by Crippen LogP contribution is -2.38. The summed E-state index contributed by atoms with van der Waals surface area (Å²) >= 11 is 0. The summed E-state index contributed by atoms with van der Waals surface area (Å²) in [5.41, 5.74) is 2.46. The molecule has 0 amide bonds. The first-order chi connectivity index (χ1) is 11.1. The molecule has 0 spiro atoms. The molecule has 5 nitrogen and oxygen atoms in total. The molecule has 0 saturated heterocycles. The Kier molecular flexibility index (Phi) is 5.83. The molecular weight excluding hydrogens is 326 g/mol. The van der Waals surface area contributed by atoms with Gasteiger partial charge in [0.1, 0.15) is 0 Å². The van der Waals surface area contributed by atoms with Gasteiger partial charge in [0.2, 0.25) is 0 Å². The van der Waals surface area contributed by atoms with Gasteiger partial charge in [-0.25, -0.2) is 4.79 Å². The minimum atomic E-state index is -0.717. The van der Waals surface area contributed by atoms with Crippen LogP contribution in [0.1, 0.15) is 11.6 Å². The maximum absolute atomic E-state index is 12.8. The van der Waals surface area contributed by atoms with Gasteiger partial charge in [0.05, 0.1) is 23.2 Å². The number of nitrogens with one attached hydrogen (secondary N) is 1. The molecule has 128 valence electrons. The van der Waals surface area contributed by atoms with Crippen LogP contribution in [0, 0.1) is 0 Å². The average molecular weight is 348 g/mol. The molecule has 0 bridgehead atoms. The highest BCUT2D eigenvalue weighted by molar-refractivity contribution is 5.85. The third-order valence-electron chi connectivity index (χ3n) is 4.19. The number of rotatable bonds is 5. The smallest absolute Gasteiger partial charge is 0.329 e. The maximum atomic E-state index is 12.8. The number of fused-ring (bicyclic) bond motifs is 1. The van der Waals surface area contributed by atoms with Gasteiger partial charge in [-0.05, 0) is 24.7 Å². The predicted molar refractivity (Wildman–Crippen MR) is 98.9 cm³/mol. The molecule has 3 aromatic rings. The second kappa shape index (κ2) is 7.66. The number of aryl methyl sites for hydroxylation is 1. The van der Waals surface area contributed by atoms with E-state index in [1.807, 2.05) is 54.6 Å². The van der Waals surface area contributed by atoms with E-state index < -0.39 is 12.1 Å². The highest BCUT2D eigenvalue weighted by atomic mass is 35.5. The fraction of sp³-hybridized carbons (Fsp3) is 0.278. The number of aromatic nitrogens is 2. The number of benzene rings is 2. The number of likely N-dealkylation sites (N-methyl/N-ethyl adjacent to an activating group) is 1. The van der Waals surface area contributed by atoms with E-state index in [0.29, 0.717) is 6.54 Å². The third-order valence-corrected chi connectivity index (χ3v) is 4.19. The number of para-hydroxylation sites is 2. The quantitative estimate of drug-likeness (QED) is 0.741. The van der Waals surface area contributed by atoms with E-state index in [4.69, 9.17) is 0 Å². The normalized spacial score (nSPS) is 13.5. The summed E-state index contributed by atoms with van der Waals surface area (Å²) in [6.45, 7) is 0.398. The predicted octanol–water partition coefficient (Wildman–Crippen LogP) is 1.93. The summed E-state index contributed by atoms with van der Waals surface area (Å²) in [5, 5.41) is 13.7. The molecule has 0 unspecified atom stereocenters. The van der Waals surface area contributed by atoms with Crippen LogP contribution in [0.3, 0.4) is 0 Å². The van der Waals surface area contributed by atoms with E-state index >= 15 is 0 Å². The number of imidazole rings is 1. The van der Waals surface area contributed by atoms with Crippen molar-refractivity contribution in [3.8, 4) is 0 Å². The van der Waals surface area contributed by atoms with Gasteiger partial charge in [-0.3, -0.25) is 9.13 Å². The van der Waals surface area contributed by atoms with Crippen LogP contribution in [0.25, 0.3) is 11.0 Å². The largest absolute Gasteiger partial charge is 0.389 e. The molecule has 0 aliphatic heterocycles. The molecule has 1 aromatic heterocycles. The summed E-state index contributed by atoms with van der Waals surface area (Å²) in [5.74, 6) is 0. The van der Waals surface area contributed by atoms with Crippen molar-refractivity contribution in [1.29, 1.82) is 0 Å². The summed E-state index contributed by atoms with van der Waals surface area (Å²) < 4.78 is 3.31. The van der Waals surface area contributed by atoms with Crippen LogP contribution < -0.4 is 11.0 Å². The molecule has 1 heterocycles. The highest BCUT2D eigenvalue weighted by Crippen LogP contribution is 2.25. The summed E-state index contributed by atoms with van der Waals surface area (Å²) in [7, 11) is 3.55. The van der Waals surface area contributed by atoms with Crippen molar-refractivity contribution in [1.82, 2.24) is 14.5 Å². The minimum absolute atomic E-state index is 0. The molecular formula is C18H22ClN3O2. The Morgan fingerprint density at radius 3 is 2.25 bits per heavy atom. The zero-order valence-electron chi connectivity index (χ0n) is 13.7. The van der Waals surface area contributed by atoms with E-state index in [2.05, 4.69) is 5.32 Å². The monoisotopic (exact) mass is 347 g/mol. The lowest BCUT2D eigenvalue weighted by Gasteiger charge is -2.24.